The summed E-state index contributed by atoms with van der Waals surface area (Å²) in [7, 11) is 3.30. The van der Waals surface area contributed by atoms with Crippen molar-refractivity contribution >= 4 is 11.3 Å². The summed E-state index contributed by atoms with van der Waals surface area (Å²) < 4.78 is 10.9. The molecular formula is C18H24N2O3S. The Morgan fingerprint density at radius 2 is 2.04 bits per heavy atom. The van der Waals surface area contributed by atoms with Crippen LogP contribution in [0.1, 0.15) is 34.4 Å². The van der Waals surface area contributed by atoms with Gasteiger partial charge in [0.15, 0.2) is 0 Å². The highest BCUT2D eigenvalue weighted by atomic mass is 32.1. The van der Waals surface area contributed by atoms with Crippen molar-refractivity contribution in [3.05, 3.63) is 39.3 Å². The first-order chi connectivity index (χ1) is 11.6. The maximum Gasteiger partial charge on any atom is 0.125 e. The quantitative estimate of drug-likeness (QED) is 0.870. The fraction of sp³-hybridized carbons (Fsp3) is 0.500. The van der Waals surface area contributed by atoms with Crippen molar-refractivity contribution in [3.8, 4) is 11.5 Å². The molecule has 1 N–H and O–H groups in total. The zero-order chi connectivity index (χ0) is 17.1. The van der Waals surface area contributed by atoms with Crippen LogP contribution in [0.5, 0.6) is 11.5 Å². The summed E-state index contributed by atoms with van der Waals surface area (Å²) in [6.07, 6.45) is 1.44. The standard InChI is InChI=1S/C18H24N2O3S/c1-12-19-13(11-24-12)5-4-8-20-9-14-16(22-2)6-7-17(23-3)18(14)15(21)10-20/h6-7,11,15,21H,4-5,8-10H2,1-3H3. The Morgan fingerprint density at radius 1 is 1.29 bits per heavy atom. The van der Waals surface area contributed by atoms with E-state index >= 15 is 0 Å². The number of rotatable bonds is 6. The van der Waals surface area contributed by atoms with Crippen molar-refractivity contribution < 1.29 is 14.6 Å². The monoisotopic (exact) mass is 348 g/mol. The second kappa shape index (κ2) is 7.51. The van der Waals surface area contributed by atoms with Gasteiger partial charge in [-0.2, -0.15) is 0 Å². The molecule has 0 saturated carbocycles. The Hall–Kier alpha value is -1.63. The molecule has 1 aromatic carbocycles. The van der Waals surface area contributed by atoms with Crippen LogP contribution in [0.25, 0.3) is 0 Å². The lowest BCUT2D eigenvalue weighted by Gasteiger charge is -2.33. The number of hydrogen-bond acceptors (Lipinski definition) is 6. The normalized spacial score (nSPS) is 17.6. The van der Waals surface area contributed by atoms with Gasteiger partial charge in [-0.05, 0) is 38.4 Å². The highest BCUT2D eigenvalue weighted by molar-refractivity contribution is 7.09. The fourth-order valence-corrected chi connectivity index (χ4v) is 3.97. The number of aliphatic hydroxyl groups excluding tert-OH is 1. The molecule has 130 valence electrons. The van der Waals surface area contributed by atoms with Gasteiger partial charge in [0.25, 0.3) is 0 Å². The lowest BCUT2D eigenvalue weighted by atomic mass is 9.95. The molecule has 0 amide bonds. The minimum Gasteiger partial charge on any atom is -0.496 e. The van der Waals surface area contributed by atoms with Crippen molar-refractivity contribution in [2.24, 2.45) is 0 Å². The lowest BCUT2D eigenvalue weighted by Crippen LogP contribution is -2.35. The van der Waals surface area contributed by atoms with Crippen molar-refractivity contribution in [2.45, 2.75) is 32.4 Å². The molecule has 0 bridgehead atoms. The maximum absolute atomic E-state index is 10.6. The molecule has 1 aliphatic heterocycles. The molecule has 6 heteroatoms. The highest BCUT2D eigenvalue weighted by Gasteiger charge is 2.29. The highest BCUT2D eigenvalue weighted by Crippen LogP contribution is 2.39. The number of aliphatic hydroxyl groups is 1. The SMILES string of the molecule is COc1ccc(OC)c2c1CN(CCCc1csc(C)n1)CC2O. The van der Waals surface area contributed by atoms with E-state index in [1.807, 2.05) is 19.1 Å². The smallest absolute Gasteiger partial charge is 0.125 e. The zero-order valence-corrected chi connectivity index (χ0v) is 15.2. The van der Waals surface area contributed by atoms with E-state index in [2.05, 4.69) is 15.3 Å². The molecule has 24 heavy (non-hydrogen) atoms. The molecular weight excluding hydrogens is 324 g/mol. The largest absolute Gasteiger partial charge is 0.496 e. The number of nitrogens with zero attached hydrogens (tertiary/aromatic N) is 2. The number of benzene rings is 1. The number of aryl methyl sites for hydroxylation is 2. The van der Waals surface area contributed by atoms with E-state index in [1.54, 1.807) is 25.6 Å². The van der Waals surface area contributed by atoms with Gasteiger partial charge in [-0.3, -0.25) is 4.90 Å². The lowest BCUT2D eigenvalue weighted by molar-refractivity contribution is 0.0878. The van der Waals surface area contributed by atoms with Crippen molar-refractivity contribution in [1.29, 1.82) is 0 Å². The van der Waals surface area contributed by atoms with Crippen molar-refractivity contribution in [3.63, 3.8) is 0 Å². The van der Waals surface area contributed by atoms with Gasteiger partial charge < -0.3 is 14.6 Å². The van der Waals surface area contributed by atoms with Crippen molar-refractivity contribution in [2.75, 3.05) is 27.3 Å². The van der Waals surface area contributed by atoms with Gasteiger partial charge in [-0.15, -0.1) is 11.3 Å². The molecule has 0 radical (unpaired) electrons. The van der Waals surface area contributed by atoms with Crippen molar-refractivity contribution in [1.82, 2.24) is 9.88 Å². The number of thiazole rings is 1. The third kappa shape index (κ3) is 3.55. The summed E-state index contributed by atoms with van der Waals surface area (Å²) >= 11 is 1.70. The topological polar surface area (TPSA) is 54.8 Å². The van der Waals surface area contributed by atoms with Gasteiger partial charge in [-0.25, -0.2) is 4.98 Å². The first kappa shape index (κ1) is 17.2. The summed E-state index contributed by atoms with van der Waals surface area (Å²) in [6, 6.07) is 3.77. The molecule has 0 saturated heterocycles. The zero-order valence-electron chi connectivity index (χ0n) is 14.4. The fourth-order valence-electron chi connectivity index (χ4n) is 3.32. The number of hydrogen-bond donors (Lipinski definition) is 1. The van der Waals surface area contributed by atoms with E-state index in [0.717, 1.165) is 59.3 Å². The molecule has 0 spiro atoms. The van der Waals surface area contributed by atoms with Gasteiger partial charge in [0.1, 0.15) is 11.5 Å². The van der Waals surface area contributed by atoms with Gasteiger partial charge in [0, 0.05) is 29.6 Å². The van der Waals surface area contributed by atoms with Crippen LogP contribution in [0.15, 0.2) is 17.5 Å². The molecule has 1 aromatic heterocycles. The predicted octanol–water partition coefficient (Wildman–Crippen LogP) is 2.95. The van der Waals surface area contributed by atoms with Gasteiger partial charge in [-0.1, -0.05) is 0 Å². The molecule has 3 rings (SSSR count). The van der Waals surface area contributed by atoms with Crippen LogP contribution in [-0.2, 0) is 13.0 Å². The third-order valence-corrected chi connectivity index (χ3v) is 5.26. The molecule has 1 unspecified atom stereocenters. The second-order valence-corrected chi connectivity index (χ2v) is 7.14. The first-order valence-electron chi connectivity index (χ1n) is 8.17. The van der Waals surface area contributed by atoms with Crippen LogP contribution in [0.4, 0.5) is 0 Å². The Bertz CT molecular complexity index is 702. The number of β-amino-alcohol motifs (C(OH)–C–C–N with tert-alkyl or cyclic N) is 1. The molecule has 1 aliphatic rings. The van der Waals surface area contributed by atoms with Crippen LogP contribution >= 0.6 is 11.3 Å². The Labute approximate surface area is 146 Å². The van der Waals surface area contributed by atoms with E-state index in [4.69, 9.17) is 9.47 Å². The van der Waals surface area contributed by atoms with E-state index < -0.39 is 6.10 Å². The Morgan fingerprint density at radius 3 is 2.71 bits per heavy atom. The van der Waals surface area contributed by atoms with E-state index in [0.29, 0.717) is 6.54 Å². The maximum atomic E-state index is 10.6. The molecule has 1 atom stereocenters. The summed E-state index contributed by atoms with van der Waals surface area (Å²) in [5, 5.41) is 13.8. The Balaban J connectivity index is 1.69. The third-order valence-electron chi connectivity index (χ3n) is 4.43. The minimum absolute atomic E-state index is 0.555. The van der Waals surface area contributed by atoms with Crippen LogP contribution in [0, 0.1) is 6.92 Å². The summed E-state index contributed by atoms with van der Waals surface area (Å²) in [5.41, 5.74) is 3.05. The Kier molecular flexibility index (Phi) is 5.38. The van der Waals surface area contributed by atoms with Gasteiger partial charge >= 0.3 is 0 Å². The minimum atomic E-state index is -0.555. The first-order valence-corrected chi connectivity index (χ1v) is 9.05. The average Bonchev–Trinajstić information content (AvgIpc) is 2.99. The molecule has 0 aliphatic carbocycles. The number of methoxy groups -OCH3 is 2. The summed E-state index contributed by atoms with van der Waals surface area (Å²) in [6.45, 7) is 4.34. The number of ether oxygens (including phenoxy) is 2. The molecule has 2 heterocycles. The predicted molar refractivity (Wildman–Crippen MR) is 95.0 cm³/mol. The number of aromatic nitrogens is 1. The van der Waals surface area contributed by atoms with E-state index in [-0.39, 0.29) is 0 Å². The van der Waals surface area contributed by atoms with Crippen LogP contribution in [0.2, 0.25) is 0 Å². The average molecular weight is 348 g/mol. The molecule has 5 nitrogen and oxygen atoms in total. The van der Waals surface area contributed by atoms with Crippen LogP contribution < -0.4 is 9.47 Å². The van der Waals surface area contributed by atoms with Gasteiger partial charge in [0.05, 0.1) is 31.0 Å². The van der Waals surface area contributed by atoms with Crippen LogP contribution in [0.3, 0.4) is 0 Å². The summed E-state index contributed by atoms with van der Waals surface area (Å²) in [5.74, 6) is 1.54. The van der Waals surface area contributed by atoms with Gasteiger partial charge in [0.2, 0.25) is 0 Å². The number of fused-ring (bicyclic) bond motifs is 1. The molecule has 0 fully saturated rings. The van der Waals surface area contributed by atoms with E-state index in [1.165, 1.54) is 0 Å². The van der Waals surface area contributed by atoms with Crippen LogP contribution in [-0.4, -0.2) is 42.3 Å². The molecule has 2 aromatic rings. The summed E-state index contributed by atoms with van der Waals surface area (Å²) in [4.78, 5) is 6.78. The van der Waals surface area contributed by atoms with E-state index in [9.17, 15) is 5.11 Å². The second-order valence-electron chi connectivity index (χ2n) is 6.07.